The summed E-state index contributed by atoms with van der Waals surface area (Å²) in [5.41, 5.74) is 2.07. The second kappa shape index (κ2) is 7.07. The zero-order chi connectivity index (χ0) is 18.7. The topological polar surface area (TPSA) is 76.7 Å². The van der Waals surface area contributed by atoms with Crippen molar-refractivity contribution < 1.29 is 19.1 Å². The van der Waals surface area contributed by atoms with E-state index in [1.807, 2.05) is 24.3 Å². The largest absolute Gasteiger partial charge is 0.483 e. The molecule has 0 saturated heterocycles. The van der Waals surface area contributed by atoms with Gasteiger partial charge >= 0.3 is 0 Å². The minimum atomic E-state index is -0.281. The first-order valence-corrected chi connectivity index (χ1v) is 8.42. The summed E-state index contributed by atoms with van der Waals surface area (Å²) in [5.74, 6) is 0.777. The Bertz CT molecular complexity index is 840. The predicted octanol–water partition coefficient (Wildman–Crippen LogP) is 3.33. The maximum atomic E-state index is 12.2. The van der Waals surface area contributed by atoms with Gasteiger partial charge in [-0.15, -0.1) is 0 Å². The SMILES string of the molecule is CC(C)(C)c1ccccc1OCC(=O)Nc1ccc2c(c1)NC(=O)CO2. The van der Waals surface area contributed by atoms with Gasteiger partial charge in [0.15, 0.2) is 13.2 Å². The molecule has 2 aromatic rings. The van der Waals surface area contributed by atoms with Crippen LogP contribution in [0, 0.1) is 0 Å². The molecule has 3 rings (SSSR count). The summed E-state index contributed by atoms with van der Waals surface area (Å²) in [5, 5.41) is 5.47. The number of carbonyl (C=O) groups excluding carboxylic acids is 2. The molecule has 0 aromatic heterocycles. The lowest BCUT2D eigenvalue weighted by molar-refractivity contribution is -0.119. The zero-order valence-corrected chi connectivity index (χ0v) is 15.1. The molecule has 136 valence electrons. The normalized spacial score (nSPS) is 13.3. The number of benzene rings is 2. The molecule has 0 radical (unpaired) electrons. The number of carbonyl (C=O) groups is 2. The number of amides is 2. The highest BCUT2D eigenvalue weighted by Crippen LogP contribution is 2.32. The van der Waals surface area contributed by atoms with Crippen LogP contribution in [-0.2, 0) is 15.0 Å². The Morgan fingerprint density at radius 1 is 1.23 bits per heavy atom. The fraction of sp³-hybridized carbons (Fsp3) is 0.300. The number of ether oxygens (including phenoxy) is 2. The van der Waals surface area contributed by atoms with Gasteiger partial charge in [0.05, 0.1) is 5.69 Å². The summed E-state index contributed by atoms with van der Waals surface area (Å²) in [4.78, 5) is 23.6. The predicted molar refractivity (Wildman–Crippen MR) is 99.8 cm³/mol. The summed E-state index contributed by atoms with van der Waals surface area (Å²) in [6.45, 7) is 6.18. The average molecular weight is 354 g/mol. The highest BCUT2D eigenvalue weighted by molar-refractivity contribution is 5.97. The summed E-state index contributed by atoms with van der Waals surface area (Å²) in [6.07, 6.45) is 0. The number of hydrogen-bond acceptors (Lipinski definition) is 4. The lowest BCUT2D eigenvalue weighted by Crippen LogP contribution is -2.26. The molecule has 1 heterocycles. The first-order valence-electron chi connectivity index (χ1n) is 8.42. The van der Waals surface area contributed by atoms with Crippen LogP contribution in [0.15, 0.2) is 42.5 Å². The minimum absolute atomic E-state index is 0.000266. The second-order valence-corrected chi connectivity index (χ2v) is 7.13. The molecule has 6 nitrogen and oxygen atoms in total. The van der Waals surface area contributed by atoms with Crippen LogP contribution < -0.4 is 20.1 Å². The molecule has 1 aliphatic rings. The van der Waals surface area contributed by atoms with Crippen LogP contribution in [0.25, 0.3) is 0 Å². The third-order valence-corrected chi connectivity index (χ3v) is 3.95. The van der Waals surface area contributed by atoms with Gasteiger partial charge in [-0.1, -0.05) is 39.0 Å². The van der Waals surface area contributed by atoms with Crippen molar-refractivity contribution in [3.8, 4) is 11.5 Å². The van der Waals surface area contributed by atoms with Crippen LogP contribution in [0.3, 0.4) is 0 Å². The number of para-hydroxylation sites is 1. The van der Waals surface area contributed by atoms with Crippen LogP contribution >= 0.6 is 0 Å². The molecule has 0 spiro atoms. The molecule has 0 bridgehead atoms. The van der Waals surface area contributed by atoms with E-state index < -0.39 is 0 Å². The second-order valence-electron chi connectivity index (χ2n) is 7.13. The van der Waals surface area contributed by atoms with Crippen molar-refractivity contribution in [2.75, 3.05) is 23.8 Å². The number of anilines is 2. The number of rotatable bonds is 4. The van der Waals surface area contributed by atoms with E-state index in [0.717, 1.165) is 5.56 Å². The van der Waals surface area contributed by atoms with Gasteiger partial charge in [-0.05, 0) is 35.2 Å². The molecule has 0 aliphatic carbocycles. The summed E-state index contributed by atoms with van der Waals surface area (Å²) < 4.78 is 11.0. The van der Waals surface area contributed by atoms with Crippen LogP contribution in [0.4, 0.5) is 11.4 Å². The molecule has 6 heteroatoms. The summed E-state index contributed by atoms with van der Waals surface area (Å²) in [6, 6.07) is 12.8. The van der Waals surface area contributed by atoms with Gasteiger partial charge in [0.2, 0.25) is 0 Å². The van der Waals surface area contributed by atoms with E-state index in [2.05, 4.69) is 31.4 Å². The lowest BCUT2D eigenvalue weighted by atomic mass is 9.86. The van der Waals surface area contributed by atoms with E-state index in [-0.39, 0.29) is 30.4 Å². The van der Waals surface area contributed by atoms with Crippen LogP contribution in [0.2, 0.25) is 0 Å². The van der Waals surface area contributed by atoms with Crippen molar-refractivity contribution in [2.45, 2.75) is 26.2 Å². The van der Waals surface area contributed by atoms with E-state index in [4.69, 9.17) is 9.47 Å². The van der Waals surface area contributed by atoms with Gasteiger partial charge in [-0.2, -0.15) is 0 Å². The Morgan fingerprint density at radius 3 is 2.77 bits per heavy atom. The molecule has 0 unspecified atom stereocenters. The molecule has 2 aromatic carbocycles. The van der Waals surface area contributed by atoms with Crippen LogP contribution in [-0.4, -0.2) is 25.0 Å². The maximum absolute atomic E-state index is 12.2. The third kappa shape index (κ3) is 4.14. The van der Waals surface area contributed by atoms with Crippen LogP contribution in [0.5, 0.6) is 11.5 Å². The first-order chi connectivity index (χ1) is 12.3. The molecule has 0 fully saturated rings. The molecular formula is C20H22N2O4. The minimum Gasteiger partial charge on any atom is -0.483 e. The van der Waals surface area contributed by atoms with Gasteiger partial charge in [0.1, 0.15) is 11.5 Å². The zero-order valence-electron chi connectivity index (χ0n) is 15.1. The van der Waals surface area contributed by atoms with E-state index in [1.165, 1.54) is 0 Å². The smallest absolute Gasteiger partial charge is 0.262 e. The molecule has 2 amide bonds. The average Bonchev–Trinajstić information content (AvgIpc) is 2.59. The van der Waals surface area contributed by atoms with Crippen molar-refractivity contribution in [2.24, 2.45) is 0 Å². The van der Waals surface area contributed by atoms with Crippen molar-refractivity contribution in [1.29, 1.82) is 0 Å². The lowest BCUT2D eigenvalue weighted by Gasteiger charge is -2.22. The standard InChI is InChI=1S/C20H22N2O4/c1-20(2,3)14-6-4-5-7-16(14)25-11-18(23)21-13-8-9-17-15(10-13)22-19(24)12-26-17/h4-10H,11-12H2,1-3H3,(H,21,23)(H,22,24). The molecular weight excluding hydrogens is 332 g/mol. The van der Waals surface area contributed by atoms with E-state index in [9.17, 15) is 9.59 Å². The molecule has 1 aliphatic heterocycles. The van der Waals surface area contributed by atoms with Crippen molar-refractivity contribution in [3.05, 3.63) is 48.0 Å². The van der Waals surface area contributed by atoms with Crippen LogP contribution in [0.1, 0.15) is 26.3 Å². The third-order valence-electron chi connectivity index (χ3n) is 3.95. The van der Waals surface area contributed by atoms with Gasteiger partial charge in [0.25, 0.3) is 11.8 Å². The fourth-order valence-electron chi connectivity index (χ4n) is 2.71. The number of fused-ring (bicyclic) bond motifs is 1. The highest BCUT2D eigenvalue weighted by Gasteiger charge is 2.19. The van der Waals surface area contributed by atoms with E-state index in [0.29, 0.717) is 22.9 Å². The van der Waals surface area contributed by atoms with E-state index in [1.54, 1.807) is 18.2 Å². The number of hydrogen-bond donors (Lipinski definition) is 2. The Labute approximate surface area is 152 Å². The van der Waals surface area contributed by atoms with Gasteiger partial charge in [-0.3, -0.25) is 9.59 Å². The maximum Gasteiger partial charge on any atom is 0.262 e. The van der Waals surface area contributed by atoms with Crippen molar-refractivity contribution in [3.63, 3.8) is 0 Å². The summed E-state index contributed by atoms with van der Waals surface area (Å²) in [7, 11) is 0. The Kier molecular flexibility index (Phi) is 4.84. The number of nitrogens with one attached hydrogen (secondary N) is 2. The molecule has 0 saturated carbocycles. The van der Waals surface area contributed by atoms with Gasteiger partial charge in [0, 0.05) is 5.69 Å². The molecule has 2 N–H and O–H groups in total. The highest BCUT2D eigenvalue weighted by atomic mass is 16.5. The van der Waals surface area contributed by atoms with Crippen molar-refractivity contribution in [1.82, 2.24) is 0 Å². The van der Waals surface area contributed by atoms with E-state index >= 15 is 0 Å². The fourth-order valence-corrected chi connectivity index (χ4v) is 2.71. The quantitative estimate of drug-likeness (QED) is 0.883. The van der Waals surface area contributed by atoms with Gasteiger partial charge < -0.3 is 20.1 Å². The Hall–Kier alpha value is -3.02. The van der Waals surface area contributed by atoms with Crippen molar-refractivity contribution >= 4 is 23.2 Å². The molecule has 26 heavy (non-hydrogen) atoms. The van der Waals surface area contributed by atoms with Gasteiger partial charge in [-0.25, -0.2) is 0 Å². The Morgan fingerprint density at radius 2 is 2.00 bits per heavy atom. The summed E-state index contributed by atoms with van der Waals surface area (Å²) >= 11 is 0. The monoisotopic (exact) mass is 354 g/mol. The first kappa shape index (κ1) is 17.8. The molecule has 0 atom stereocenters. The Balaban J connectivity index is 1.64.